The van der Waals surface area contributed by atoms with E-state index in [1.165, 1.54) is 0 Å². The fraction of sp³-hybridized carbons (Fsp3) is 0.692. The van der Waals surface area contributed by atoms with Gasteiger partial charge in [0.1, 0.15) is 19.7 Å². The Labute approximate surface area is 206 Å². The molecule has 2 radical (unpaired) electrons. The molecule has 8 heteroatoms. The van der Waals surface area contributed by atoms with Gasteiger partial charge in [-0.05, 0) is 48.4 Å². The fourth-order valence-electron chi connectivity index (χ4n) is 7.36. The second-order valence-corrected chi connectivity index (χ2v) is 12.2. The molecule has 0 aromatic heterocycles. The number of thioether (sulfide) groups is 1. The van der Waals surface area contributed by atoms with E-state index >= 15 is 0 Å². The molecule has 6 nitrogen and oxygen atoms in total. The predicted molar refractivity (Wildman–Crippen MR) is 132 cm³/mol. The molecule has 0 heterocycles. The number of ether oxygens (including phenoxy) is 1. The zero-order chi connectivity index (χ0) is 25.2. The van der Waals surface area contributed by atoms with E-state index in [1.54, 1.807) is 6.08 Å². The minimum Gasteiger partial charge on any atom is -0.461 e. The van der Waals surface area contributed by atoms with Crippen LogP contribution in [-0.4, -0.2) is 42.7 Å². The molecule has 0 amide bonds. The highest BCUT2D eigenvalue weighted by Gasteiger charge is 2.68. The Morgan fingerprint density at radius 3 is 2.53 bits per heavy atom. The first kappa shape index (κ1) is 25.4. The summed E-state index contributed by atoms with van der Waals surface area (Å²) < 4.78 is 6.11. The molecule has 0 spiro atoms. The molecular formula is C26H33BO6S. The van der Waals surface area contributed by atoms with Crippen molar-refractivity contribution in [3.8, 4) is 0 Å². The maximum Gasteiger partial charge on any atom is 0.316 e. The van der Waals surface area contributed by atoms with Crippen molar-refractivity contribution in [2.24, 2.45) is 34.0 Å². The van der Waals surface area contributed by atoms with E-state index in [2.05, 4.69) is 27.4 Å². The fourth-order valence-corrected chi connectivity index (χ4v) is 8.16. The Kier molecular flexibility index (Phi) is 6.34. The van der Waals surface area contributed by atoms with Gasteiger partial charge >= 0.3 is 5.97 Å². The maximum absolute atomic E-state index is 13.4. The Bertz CT molecular complexity index is 1110. The van der Waals surface area contributed by atoms with Crippen LogP contribution in [0.15, 0.2) is 27.1 Å². The Hall–Kier alpha value is -1.67. The van der Waals surface area contributed by atoms with Gasteiger partial charge in [0.2, 0.25) is 10.9 Å². The standard InChI is InChI=1S/C26H33BO6S/c1-6-24(4)11-16(33-17(29)12-34-21-18(27)19(30)20(21)31)25(5)13(2)7-9-26(14(3)23(24)32)10-8-15(28)22(25)26/h6,13-14,16,22-23,32H,1,7-12H2,2-5H3/t13-,14+,16-,22?,23+,24-,25+,26+/m1/s1. The molecule has 3 aliphatic rings. The maximum atomic E-state index is 13.4. The average molecular weight is 484 g/mol. The van der Waals surface area contributed by atoms with Gasteiger partial charge in [-0.3, -0.25) is 19.2 Å². The largest absolute Gasteiger partial charge is 0.461 e. The van der Waals surface area contributed by atoms with Gasteiger partial charge in [-0.1, -0.05) is 33.8 Å². The molecule has 182 valence electrons. The number of hydrogen-bond donors (Lipinski definition) is 1. The molecule has 3 fully saturated rings. The van der Waals surface area contributed by atoms with Gasteiger partial charge in [-0.2, -0.15) is 0 Å². The van der Waals surface area contributed by atoms with Gasteiger partial charge < -0.3 is 9.84 Å². The zero-order valence-corrected chi connectivity index (χ0v) is 21.2. The molecule has 0 aliphatic heterocycles. The normalized spacial score (nSPS) is 42.0. The van der Waals surface area contributed by atoms with Gasteiger partial charge in [-0.15, -0.1) is 18.3 Å². The highest BCUT2D eigenvalue weighted by Crippen LogP contribution is 2.68. The monoisotopic (exact) mass is 484 g/mol. The molecule has 1 N–H and O–H groups in total. The molecule has 1 aromatic rings. The summed E-state index contributed by atoms with van der Waals surface area (Å²) in [7, 11) is 5.59. The molecule has 8 atom stereocenters. The molecule has 0 saturated heterocycles. The number of rotatable bonds is 5. The minimum absolute atomic E-state index is 0.0944. The van der Waals surface area contributed by atoms with Crippen molar-refractivity contribution in [1.82, 2.24) is 0 Å². The van der Waals surface area contributed by atoms with Crippen LogP contribution in [0.25, 0.3) is 0 Å². The van der Waals surface area contributed by atoms with Crippen molar-refractivity contribution in [1.29, 1.82) is 0 Å². The van der Waals surface area contributed by atoms with Crippen LogP contribution in [0.4, 0.5) is 0 Å². The minimum atomic E-state index is -0.726. The summed E-state index contributed by atoms with van der Waals surface area (Å²) in [6, 6.07) is 0. The van der Waals surface area contributed by atoms with Crippen LogP contribution >= 0.6 is 11.8 Å². The van der Waals surface area contributed by atoms with Gasteiger partial charge in [0.05, 0.1) is 16.8 Å². The molecular weight excluding hydrogens is 451 g/mol. The van der Waals surface area contributed by atoms with Gasteiger partial charge in [0, 0.05) is 23.2 Å². The van der Waals surface area contributed by atoms with Gasteiger partial charge in [0.15, 0.2) is 0 Å². The van der Waals surface area contributed by atoms with E-state index in [0.29, 0.717) is 12.8 Å². The second kappa shape index (κ2) is 8.47. The van der Waals surface area contributed by atoms with E-state index < -0.39 is 39.9 Å². The Morgan fingerprint density at radius 2 is 1.91 bits per heavy atom. The highest BCUT2D eigenvalue weighted by atomic mass is 32.2. The lowest BCUT2D eigenvalue weighted by Crippen LogP contribution is -2.63. The Balaban J connectivity index is 1.70. The second-order valence-electron chi connectivity index (χ2n) is 11.3. The van der Waals surface area contributed by atoms with Crippen molar-refractivity contribution in [3.05, 3.63) is 33.1 Å². The number of aliphatic hydroxyl groups is 1. The third-order valence-corrected chi connectivity index (χ3v) is 10.9. The Morgan fingerprint density at radius 1 is 1.24 bits per heavy atom. The lowest BCUT2D eigenvalue weighted by Gasteiger charge is -2.61. The summed E-state index contributed by atoms with van der Waals surface area (Å²) >= 11 is 0.911. The topological polar surface area (TPSA) is 97.7 Å². The molecule has 1 unspecified atom stereocenters. The summed E-state index contributed by atoms with van der Waals surface area (Å²) in [4.78, 5) is 49.6. The van der Waals surface area contributed by atoms with Crippen LogP contribution in [0.2, 0.25) is 0 Å². The van der Waals surface area contributed by atoms with Crippen molar-refractivity contribution >= 4 is 36.8 Å². The van der Waals surface area contributed by atoms with Crippen LogP contribution in [0.5, 0.6) is 0 Å². The smallest absolute Gasteiger partial charge is 0.316 e. The first-order valence-corrected chi connectivity index (χ1v) is 13.1. The van der Waals surface area contributed by atoms with Crippen LogP contribution in [-0.2, 0) is 14.3 Å². The summed E-state index contributed by atoms with van der Waals surface area (Å²) in [5, 5.41) is 11.5. The molecule has 3 aliphatic carbocycles. The van der Waals surface area contributed by atoms with Crippen LogP contribution in [0.1, 0.15) is 59.8 Å². The number of carbonyl (C=O) groups excluding carboxylic acids is 2. The van der Waals surface area contributed by atoms with Crippen molar-refractivity contribution in [2.75, 3.05) is 5.75 Å². The average Bonchev–Trinajstić information content (AvgIpc) is 3.17. The van der Waals surface area contributed by atoms with Crippen molar-refractivity contribution < 1.29 is 19.4 Å². The third-order valence-electron chi connectivity index (χ3n) is 9.81. The number of hydrogen-bond acceptors (Lipinski definition) is 7. The quantitative estimate of drug-likeness (QED) is 0.225. The zero-order valence-electron chi connectivity index (χ0n) is 20.4. The van der Waals surface area contributed by atoms with Crippen LogP contribution in [0, 0.1) is 34.0 Å². The first-order valence-electron chi connectivity index (χ1n) is 12.1. The van der Waals surface area contributed by atoms with E-state index in [0.717, 1.165) is 31.0 Å². The summed E-state index contributed by atoms with van der Waals surface area (Å²) in [6.07, 6.45) is 3.75. The van der Waals surface area contributed by atoms with Crippen molar-refractivity contribution in [3.63, 3.8) is 0 Å². The van der Waals surface area contributed by atoms with E-state index in [9.17, 15) is 24.3 Å². The SMILES string of the molecule is [B]c1c(SCC(=O)O[C@@H]2C[C@@](C)(C=C)[C@@H](O)[C@H](C)[C@]34CCC(=O)C3[C@@]2(C)[C@H](C)CC4)c(=O)c1=O. The van der Waals surface area contributed by atoms with Crippen LogP contribution < -0.4 is 16.3 Å². The number of Topliss-reactive ketones (excluding diaryl/α,β-unsaturated/α-hetero) is 1. The highest BCUT2D eigenvalue weighted by molar-refractivity contribution is 8.00. The number of carbonyl (C=O) groups is 2. The molecule has 34 heavy (non-hydrogen) atoms. The summed E-state index contributed by atoms with van der Waals surface area (Å²) in [6.45, 7) is 12.2. The van der Waals surface area contributed by atoms with Crippen LogP contribution in [0.3, 0.4) is 0 Å². The lowest BCUT2D eigenvalue weighted by molar-refractivity contribution is -0.205. The van der Waals surface area contributed by atoms with Gasteiger partial charge in [0.25, 0.3) is 0 Å². The lowest BCUT2D eigenvalue weighted by atomic mass is 9.44. The third kappa shape index (κ3) is 3.42. The number of aliphatic hydroxyl groups excluding tert-OH is 1. The molecule has 2 bridgehead atoms. The number of esters is 1. The molecule has 3 saturated carbocycles. The molecule has 1 aromatic carbocycles. The summed E-state index contributed by atoms with van der Waals surface area (Å²) in [5.41, 5.74) is -3.14. The van der Waals surface area contributed by atoms with Crippen molar-refractivity contribution in [2.45, 2.75) is 76.9 Å². The van der Waals surface area contributed by atoms with Gasteiger partial charge in [-0.25, -0.2) is 0 Å². The van der Waals surface area contributed by atoms with E-state index in [-0.39, 0.29) is 45.1 Å². The predicted octanol–water partition coefficient (Wildman–Crippen LogP) is 2.08. The number of ketones is 1. The summed E-state index contributed by atoms with van der Waals surface area (Å²) in [5.74, 6) is -0.752. The molecule has 4 rings (SSSR count). The van der Waals surface area contributed by atoms with E-state index in [4.69, 9.17) is 12.6 Å². The first-order chi connectivity index (χ1) is 15.8. The van der Waals surface area contributed by atoms with E-state index in [1.807, 2.05) is 6.92 Å².